The summed E-state index contributed by atoms with van der Waals surface area (Å²) >= 11 is 0. The Morgan fingerprint density at radius 2 is 1.45 bits per heavy atom. The van der Waals surface area contributed by atoms with Gasteiger partial charge in [0.1, 0.15) is 0 Å². The average molecular weight is 268 g/mol. The Labute approximate surface area is 119 Å². The minimum atomic E-state index is 0.632. The van der Waals surface area contributed by atoms with Crippen molar-refractivity contribution >= 4 is 11.4 Å². The van der Waals surface area contributed by atoms with Crippen molar-refractivity contribution in [2.75, 3.05) is 24.7 Å². The smallest absolute Gasteiger partial charge is 0.0554 e. The first-order valence-electron chi connectivity index (χ1n) is 7.07. The molecule has 0 saturated carbocycles. The molecule has 0 amide bonds. The molecular weight excluding hydrogens is 248 g/mol. The van der Waals surface area contributed by atoms with E-state index in [1.807, 2.05) is 18.2 Å². The molecule has 104 valence electrons. The summed E-state index contributed by atoms with van der Waals surface area (Å²) in [6.45, 7) is 1.75. The largest absolute Gasteiger partial charge is 0.397 e. The highest BCUT2D eigenvalue weighted by Crippen LogP contribution is 2.30. The van der Waals surface area contributed by atoms with Gasteiger partial charge >= 0.3 is 0 Å². The molecule has 0 radical (unpaired) electrons. The third-order valence-corrected chi connectivity index (χ3v) is 4.02. The Kier molecular flexibility index (Phi) is 3.61. The maximum absolute atomic E-state index is 5.87. The lowest BCUT2D eigenvalue weighted by Gasteiger charge is -2.22. The van der Waals surface area contributed by atoms with Crippen LogP contribution in [-0.4, -0.2) is 13.2 Å². The zero-order valence-corrected chi connectivity index (χ0v) is 11.5. The van der Waals surface area contributed by atoms with Crippen molar-refractivity contribution in [1.82, 2.24) is 0 Å². The first-order valence-corrected chi connectivity index (χ1v) is 7.07. The van der Waals surface area contributed by atoms with Gasteiger partial charge in [0, 0.05) is 13.2 Å². The summed E-state index contributed by atoms with van der Waals surface area (Å²) in [5.41, 5.74) is 16.6. The Morgan fingerprint density at radius 1 is 0.800 bits per heavy atom. The Balaban J connectivity index is 1.83. The molecule has 3 rings (SSSR count). The van der Waals surface area contributed by atoms with E-state index >= 15 is 0 Å². The highest BCUT2D eigenvalue weighted by Gasteiger charge is 2.15. The number of ether oxygens (including phenoxy) is 1. The second kappa shape index (κ2) is 5.55. The molecule has 1 aliphatic rings. The minimum Gasteiger partial charge on any atom is -0.397 e. The molecule has 0 bridgehead atoms. The van der Waals surface area contributed by atoms with E-state index in [0.29, 0.717) is 17.3 Å². The Bertz CT molecular complexity index is 586. The van der Waals surface area contributed by atoms with Crippen molar-refractivity contribution in [1.29, 1.82) is 0 Å². The molecule has 3 heteroatoms. The van der Waals surface area contributed by atoms with E-state index in [2.05, 4.69) is 24.3 Å². The van der Waals surface area contributed by atoms with E-state index < -0.39 is 0 Å². The summed E-state index contributed by atoms with van der Waals surface area (Å²) in [6, 6.07) is 14.6. The van der Waals surface area contributed by atoms with Crippen molar-refractivity contribution in [3.05, 3.63) is 48.0 Å². The van der Waals surface area contributed by atoms with Crippen LogP contribution in [0.25, 0.3) is 11.1 Å². The fourth-order valence-electron chi connectivity index (χ4n) is 2.73. The van der Waals surface area contributed by atoms with Crippen molar-refractivity contribution in [3.8, 4) is 11.1 Å². The van der Waals surface area contributed by atoms with E-state index in [1.54, 1.807) is 0 Å². The van der Waals surface area contributed by atoms with Gasteiger partial charge in [0.15, 0.2) is 0 Å². The number of rotatable bonds is 2. The average Bonchev–Trinajstić information content (AvgIpc) is 2.51. The van der Waals surface area contributed by atoms with Crippen LogP contribution >= 0.6 is 0 Å². The van der Waals surface area contributed by atoms with Gasteiger partial charge < -0.3 is 16.2 Å². The molecule has 1 heterocycles. The number of benzene rings is 2. The number of nitrogen functional groups attached to an aromatic ring is 2. The van der Waals surface area contributed by atoms with Crippen LogP contribution in [0.4, 0.5) is 11.4 Å². The zero-order chi connectivity index (χ0) is 13.9. The number of anilines is 2. The monoisotopic (exact) mass is 268 g/mol. The molecule has 1 aliphatic heterocycles. The molecule has 3 nitrogen and oxygen atoms in total. The number of nitrogens with two attached hydrogens (primary N) is 2. The van der Waals surface area contributed by atoms with E-state index in [9.17, 15) is 0 Å². The SMILES string of the molecule is Nc1ccc(-c2ccc(C3CCOCC3)cc2)cc1N. The van der Waals surface area contributed by atoms with Crippen LogP contribution in [0, 0.1) is 0 Å². The van der Waals surface area contributed by atoms with Crippen LogP contribution in [0.1, 0.15) is 24.3 Å². The Morgan fingerprint density at radius 3 is 2.10 bits per heavy atom. The summed E-state index contributed by atoms with van der Waals surface area (Å²) in [7, 11) is 0. The third kappa shape index (κ3) is 2.63. The lowest BCUT2D eigenvalue weighted by Crippen LogP contribution is -2.13. The molecule has 4 N–H and O–H groups in total. The van der Waals surface area contributed by atoms with Gasteiger partial charge in [-0.05, 0) is 47.6 Å². The fourth-order valence-corrected chi connectivity index (χ4v) is 2.73. The highest BCUT2D eigenvalue weighted by molar-refractivity contribution is 5.74. The molecule has 0 unspecified atom stereocenters. The summed E-state index contributed by atoms with van der Waals surface area (Å²) in [5.74, 6) is 0.634. The van der Waals surface area contributed by atoms with E-state index in [0.717, 1.165) is 31.6 Å². The second-order valence-electron chi connectivity index (χ2n) is 5.35. The lowest BCUT2D eigenvalue weighted by molar-refractivity contribution is 0.0853. The van der Waals surface area contributed by atoms with E-state index in [-0.39, 0.29) is 0 Å². The maximum atomic E-state index is 5.87. The van der Waals surface area contributed by atoms with Gasteiger partial charge in [-0.15, -0.1) is 0 Å². The molecule has 0 spiro atoms. The van der Waals surface area contributed by atoms with Gasteiger partial charge in [-0.2, -0.15) is 0 Å². The molecule has 0 aliphatic carbocycles. The topological polar surface area (TPSA) is 61.3 Å². The van der Waals surface area contributed by atoms with Gasteiger partial charge in [0.25, 0.3) is 0 Å². The number of hydrogen-bond donors (Lipinski definition) is 2. The normalized spacial score (nSPS) is 16.2. The molecule has 1 saturated heterocycles. The summed E-state index contributed by atoms with van der Waals surface area (Å²) in [6.07, 6.45) is 2.24. The third-order valence-electron chi connectivity index (χ3n) is 4.02. The lowest BCUT2D eigenvalue weighted by atomic mass is 9.90. The fraction of sp³-hybridized carbons (Fsp3) is 0.294. The van der Waals surface area contributed by atoms with Gasteiger partial charge in [-0.1, -0.05) is 30.3 Å². The van der Waals surface area contributed by atoms with Crippen molar-refractivity contribution < 1.29 is 4.74 Å². The van der Waals surface area contributed by atoms with Gasteiger partial charge in [-0.25, -0.2) is 0 Å². The van der Waals surface area contributed by atoms with Crippen molar-refractivity contribution in [2.45, 2.75) is 18.8 Å². The Hall–Kier alpha value is -2.00. The first kappa shape index (κ1) is 13.0. The quantitative estimate of drug-likeness (QED) is 0.820. The zero-order valence-electron chi connectivity index (χ0n) is 11.5. The molecule has 2 aromatic carbocycles. The highest BCUT2D eigenvalue weighted by atomic mass is 16.5. The van der Waals surface area contributed by atoms with Crippen molar-refractivity contribution in [3.63, 3.8) is 0 Å². The van der Waals surface area contributed by atoms with Crippen LogP contribution in [0.2, 0.25) is 0 Å². The summed E-state index contributed by atoms with van der Waals surface area (Å²) in [5, 5.41) is 0. The molecule has 0 atom stereocenters. The molecule has 20 heavy (non-hydrogen) atoms. The molecule has 0 aromatic heterocycles. The molecule has 2 aromatic rings. The van der Waals surface area contributed by atoms with Gasteiger partial charge in [0.05, 0.1) is 11.4 Å². The molecular formula is C17H20N2O. The van der Waals surface area contributed by atoms with Crippen LogP contribution in [0.5, 0.6) is 0 Å². The van der Waals surface area contributed by atoms with Gasteiger partial charge in [-0.3, -0.25) is 0 Å². The van der Waals surface area contributed by atoms with Crippen LogP contribution < -0.4 is 11.5 Å². The van der Waals surface area contributed by atoms with Crippen LogP contribution in [-0.2, 0) is 4.74 Å². The maximum Gasteiger partial charge on any atom is 0.0554 e. The second-order valence-corrected chi connectivity index (χ2v) is 5.35. The summed E-state index contributed by atoms with van der Waals surface area (Å²) in [4.78, 5) is 0. The predicted octanol–water partition coefficient (Wildman–Crippen LogP) is 3.41. The van der Waals surface area contributed by atoms with Crippen LogP contribution in [0.3, 0.4) is 0 Å². The van der Waals surface area contributed by atoms with E-state index in [4.69, 9.17) is 16.2 Å². The van der Waals surface area contributed by atoms with E-state index in [1.165, 1.54) is 11.1 Å². The summed E-state index contributed by atoms with van der Waals surface area (Å²) < 4.78 is 5.41. The van der Waals surface area contributed by atoms with Crippen LogP contribution in [0.15, 0.2) is 42.5 Å². The molecule has 1 fully saturated rings. The van der Waals surface area contributed by atoms with Gasteiger partial charge in [0.2, 0.25) is 0 Å². The number of hydrogen-bond acceptors (Lipinski definition) is 3. The standard InChI is InChI=1S/C17H20N2O/c18-16-6-5-15(11-17(16)19)13-3-1-12(2-4-13)14-7-9-20-10-8-14/h1-6,11,14H,7-10,18-19H2. The predicted molar refractivity (Wildman–Crippen MR) is 83.5 cm³/mol. The first-order chi connectivity index (χ1) is 9.74. The minimum absolute atomic E-state index is 0.632. The van der Waals surface area contributed by atoms with Crippen molar-refractivity contribution in [2.24, 2.45) is 0 Å².